The van der Waals surface area contributed by atoms with Crippen molar-refractivity contribution in [1.82, 2.24) is 10.2 Å². The SMILES string of the molecule is Cc1ccc(CN(C)C2CNCC2c2ccc(Cl)c(Cl)c2)cc1C. The molecular formula is C20H24Cl2N2. The van der Waals surface area contributed by atoms with Crippen LogP contribution in [0.25, 0.3) is 0 Å². The van der Waals surface area contributed by atoms with Gasteiger partial charge in [-0.05, 0) is 55.3 Å². The lowest BCUT2D eigenvalue weighted by Crippen LogP contribution is -2.36. The van der Waals surface area contributed by atoms with Crippen molar-refractivity contribution in [2.45, 2.75) is 32.4 Å². The molecule has 3 rings (SSSR count). The third kappa shape index (κ3) is 3.78. The zero-order chi connectivity index (χ0) is 17.3. The number of aryl methyl sites for hydroxylation is 2. The van der Waals surface area contributed by atoms with Crippen molar-refractivity contribution in [1.29, 1.82) is 0 Å². The molecule has 4 heteroatoms. The van der Waals surface area contributed by atoms with Gasteiger partial charge in [0.15, 0.2) is 0 Å². The molecule has 1 saturated heterocycles. The number of nitrogens with one attached hydrogen (secondary N) is 1. The van der Waals surface area contributed by atoms with Crippen LogP contribution in [0.3, 0.4) is 0 Å². The van der Waals surface area contributed by atoms with Gasteiger partial charge < -0.3 is 5.32 Å². The fraction of sp³-hybridized carbons (Fsp3) is 0.400. The highest BCUT2D eigenvalue weighted by molar-refractivity contribution is 6.42. The Morgan fingerprint density at radius 2 is 1.79 bits per heavy atom. The highest BCUT2D eigenvalue weighted by atomic mass is 35.5. The standard InChI is InChI=1S/C20H24Cl2N2/c1-13-4-5-15(8-14(13)2)12-24(3)20-11-23-10-17(20)16-6-7-18(21)19(22)9-16/h4-9,17,20,23H,10-12H2,1-3H3. The van der Waals surface area contributed by atoms with E-state index in [1.165, 1.54) is 22.3 Å². The van der Waals surface area contributed by atoms with E-state index in [1.54, 1.807) is 0 Å². The van der Waals surface area contributed by atoms with Crippen LogP contribution in [-0.4, -0.2) is 31.1 Å². The first-order valence-corrected chi connectivity index (χ1v) is 9.13. The molecule has 1 aliphatic heterocycles. The first-order chi connectivity index (χ1) is 11.5. The molecule has 0 bridgehead atoms. The maximum atomic E-state index is 6.22. The van der Waals surface area contributed by atoms with Gasteiger partial charge in [-0.15, -0.1) is 0 Å². The van der Waals surface area contributed by atoms with Gasteiger partial charge in [0.2, 0.25) is 0 Å². The molecule has 24 heavy (non-hydrogen) atoms. The van der Waals surface area contributed by atoms with E-state index >= 15 is 0 Å². The van der Waals surface area contributed by atoms with Crippen LogP contribution in [0.1, 0.15) is 28.2 Å². The summed E-state index contributed by atoms with van der Waals surface area (Å²) >= 11 is 12.3. The summed E-state index contributed by atoms with van der Waals surface area (Å²) in [5.74, 6) is 0.427. The maximum absolute atomic E-state index is 6.22. The molecule has 2 aromatic carbocycles. The predicted octanol–water partition coefficient (Wildman–Crippen LogP) is 4.80. The van der Waals surface area contributed by atoms with Crippen molar-refractivity contribution in [3.05, 3.63) is 68.7 Å². The fourth-order valence-corrected chi connectivity index (χ4v) is 3.82. The van der Waals surface area contributed by atoms with Crippen LogP contribution < -0.4 is 5.32 Å². The van der Waals surface area contributed by atoms with E-state index in [9.17, 15) is 0 Å². The number of likely N-dealkylation sites (N-methyl/N-ethyl adjacent to an activating group) is 1. The van der Waals surface area contributed by atoms with Gasteiger partial charge >= 0.3 is 0 Å². The molecular weight excluding hydrogens is 339 g/mol. The lowest BCUT2D eigenvalue weighted by atomic mass is 9.93. The Labute approximate surface area is 154 Å². The molecule has 0 spiro atoms. The summed E-state index contributed by atoms with van der Waals surface area (Å²) in [4.78, 5) is 2.44. The number of rotatable bonds is 4. The minimum absolute atomic E-state index is 0.427. The molecule has 0 amide bonds. The molecule has 2 nitrogen and oxygen atoms in total. The number of hydrogen-bond donors (Lipinski definition) is 1. The van der Waals surface area contributed by atoms with Gasteiger partial charge in [0.25, 0.3) is 0 Å². The second-order valence-corrected chi connectivity index (χ2v) is 7.65. The maximum Gasteiger partial charge on any atom is 0.0595 e. The number of benzene rings is 2. The Bertz CT molecular complexity index is 730. The van der Waals surface area contributed by atoms with Crippen molar-refractivity contribution in [3.63, 3.8) is 0 Å². The van der Waals surface area contributed by atoms with Crippen molar-refractivity contribution in [2.75, 3.05) is 20.1 Å². The first kappa shape index (κ1) is 17.8. The third-order valence-electron chi connectivity index (χ3n) is 5.12. The van der Waals surface area contributed by atoms with Gasteiger partial charge in [-0.25, -0.2) is 0 Å². The van der Waals surface area contributed by atoms with Gasteiger partial charge in [0.1, 0.15) is 0 Å². The minimum atomic E-state index is 0.427. The molecule has 1 aliphatic rings. The van der Waals surface area contributed by atoms with Gasteiger partial charge in [-0.1, -0.05) is 47.5 Å². The Morgan fingerprint density at radius 1 is 1.00 bits per heavy atom. The van der Waals surface area contributed by atoms with E-state index in [-0.39, 0.29) is 0 Å². The van der Waals surface area contributed by atoms with Crippen LogP contribution in [0, 0.1) is 13.8 Å². The Hall–Kier alpha value is -1.06. The smallest absolute Gasteiger partial charge is 0.0595 e. The van der Waals surface area contributed by atoms with Crippen LogP contribution in [0.4, 0.5) is 0 Å². The quantitative estimate of drug-likeness (QED) is 0.840. The summed E-state index contributed by atoms with van der Waals surface area (Å²) in [7, 11) is 2.21. The molecule has 2 unspecified atom stereocenters. The Morgan fingerprint density at radius 3 is 2.50 bits per heavy atom. The monoisotopic (exact) mass is 362 g/mol. The molecule has 2 aromatic rings. The predicted molar refractivity (Wildman–Crippen MR) is 103 cm³/mol. The lowest BCUT2D eigenvalue weighted by Gasteiger charge is -2.29. The van der Waals surface area contributed by atoms with E-state index in [1.807, 2.05) is 12.1 Å². The van der Waals surface area contributed by atoms with E-state index in [0.717, 1.165) is 19.6 Å². The molecule has 1 N–H and O–H groups in total. The van der Waals surface area contributed by atoms with Gasteiger partial charge in [0.05, 0.1) is 10.0 Å². The largest absolute Gasteiger partial charge is 0.314 e. The molecule has 128 valence electrons. The van der Waals surface area contributed by atoms with Crippen LogP contribution in [0.2, 0.25) is 10.0 Å². The summed E-state index contributed by atoms with van der Waals surface area (Å²) < 4.78 is 0. The van der Waals surface area contributed by atoms with Crippen LogP contribution in [0.5, 0.6) is 0 Å². The second kappa shape index (κ2) is 7.45. The van der Waals surface area contributed by atoms with Gasteiger partial charge in [0, 0.05) is 31.6 Å². The van der Waals surface area contributed by atoms with Crippen LogP contribution in [-0.2, 0) is 6.54 Å². The van der Waals surface area contributed by atoms with E-state index < -0.39 is 0 Å². The van der Waals surface area contributed by atoms with E-state index in [2.05, 4.69) is 55.4 Å². The second-order valence-electron chi connectivity index (χ2n) is 6.84. The number of halogens is 2. The average Bonchev–Trinajstić information content (AvgIpc) is 3.03. The highest BCUT2D eigenvalue weighted by Gasteiger charge is 2.31. The van der Waals surface area contributed by atoms with E-state index in [0.29, 0.717) is 22.0 Å². The molecule has 0 aliphatic carbocycles. The van der Waals surface area contributed by atoms with Crippen LogP contribution in [0.15, 0.2) is 36.4 Å². The summed E-state index contributed by atoms with van der Waals surface area (Å²) in [5.41, 5.74) is 5.32. The summed E-state index contributed by atoms with van der Waals surface area (Å²) in [5, 5.41) is 4.78. The molecule has 0 aromatic heterocycles. The normalized spacial score (nSPS) is 20.8. The third-order valence-corrected chi connectivity index (χ3v) is 5.86. The Balaban J connectivity index is 1.76. The molecule has 2 atom stereocenters. The molecule has 0 saturated carbocycles. The molecule has 1 fully saturated rings. The van der Waals surface area contributed by atoms with Gasteiger partial charge in [-0.2, -0.15) is 0 Å². The summed E-state index contributed by atoms with van der Waals surface area (Å²) in [6.07, 6.45) is 0. The molecule has 0 radical (unpaired) electrons. The molecule has 1 heterocycles. The number of hydrogen-bond acceptors (Lipinski definition) is 2. The topological polar surface area (TPSA) is 15.3 Å². The Kier molecular flexibility index (Phi) is 5.51. The number of nitrogens with zero attached hydrogens (tertiary/aromatic N) is 1. The average molecular weight is 363 g/mol. The van der Waals surface area contributed by atoms with Crippen molar-refractivity contribution >= 4 is 23.2 Å². The summed E-state index contributed by atoms with van der Waals surface area (Å²) in [6, 6.07) is 13.2. The van der Waals surface area contributed by atoms with Crippen molar-refractivity contribution in [2.24, 2.45) is 0 Å². The highest BCUT2D eigenvalue weighted by Crippen LogP contribution is 2.31. The zero-order valence-corrected chi connectivity index (χ0v) is 16.0. The first-order valence-electron chi connectivity index (χ1n) is 8.37. The summed E-state index contributed by atoms with van der Waals surface area (Å²) in [6.45, 7) is 7.25. The van der Waals surface area contributed by atoms with E-state index in [4.69, 9.17) is 23.2 Å². The minimum Gasteiger partial charge on any atom is -0.314 e. The van der Waals surface area contributed by atoms with Crippen molar-refractivity contribution < 1.29 is 0 Å². The van der Waals surface area contributed by atoms with Crippen LogP contribution >= 0.6 is 23.2 Å². The lowest BCUT2D eigenvalue weighted by molar-refractivity contribution is 0.232. The fourth-order valence-electron chi connectivity index (χ4n) is 3.52. The van der Waals surface area contributed by atoms with Gasteiger partial charge in [-0.3, -0.25) is 4.90 Å². The van der Waals surface area contributed by atoms with Crippen molar-refractivity contribution in [3.8, 4) is 0 Å². The zero-order valence-electron chi connectivity index (χ0n) is 14.4.